The van der Waals surface area contributed by atoms with Gasteiger partial charge >= 0.3 is 0 Å². The van der Waals surface area contributed by atoms with E-state index < -0.39 is 0 Å². The molecular weight excluding hydrogens is 206 g/mol. The van der Waals surface area contributed by atoms with Crippen molar-refractivity contribution in [3.05, 3.63) is 34.4 Å². The van der Waals surface area contributed by atoms with Crippen LogP contribution in [-0.4, -0.2) is 6.54 Å². The van der Waals surface area contributed by atoms with Gasteiger partial charge in [-0.15, -0.1) is 0 Å². The summed E-state index contributed by atoms with van der Waals surface area (Å²) < 4.78 is 0. The average Bonchev–Trinajstić information content (AvgIpc) is 2.11. The Kier molecular flexibility index (Phi) is 4.37. The third-order valence-corrected chi connectivity index (χ3v) is 3.11. The highest BCUT2D eigenvalue weighted by Crippen LogP contribution is 2.24. The second kappa shape index (κ2) is 5.22. The molecule has 1 atom stereocenters. The molecule has 0 aliphatic rings. The van der Waals surface area contributed by atoms with Crippen LogP contribution in [0.3, 0.4) is 0 Å². The normalized spacial score (nSPS) is 13.8. The fourth-order valence-corrected chi connectivity index (χ4v) is 2.44. The third-order valence-electron chi connectivity index (χ3n) is 3.11. The van der Waals surface area contributed by atoms with E-state index in [4.69, 9.17) is 0 Å². The molecule has 1 aromatic carbocycles. The van der Waals surface area contributed by atoms with Crippen LogP contribution in [0.1, 0.15) is 56.0 Å². The van der Waals surface area contributed by atoms with Crippen LogP contribution < -0.4 is 5.32 Å². The fourth-order valence-electron chi connectivity index (χ4n) is 2.44. The first-order valence-electron chi connectivity index (χ1n) is 6.52. The lowest BCUT2D eigenvalue weighted by atomic mass is 9.92. The van der Waals surface area contributed by atoms with Crippen LogP contribution >= 0.6 is 0 Å². The van der Waals surface area contributed by atoms with Gasteiger partial charge in [-0.3, -0.25) is 0 Å². The van der Waals surface area contributed by atoms with Crippen molar-refractivity contribution in [2.45, 2.75) is 54.5 Å². The molecule has 0 aliphatic heterocycles. The van der Waals surface area contributed by atoms with E-state index >= 15 is 0 Å². The van der Waals surface area contributed by atoms with Crippen molar-refractivity contribution >= 4 is 0 Å². The van der Waals surface area contributed by atoms with Gasteiger partial charge in [-0.25, -0.2) is 0 Å². The first-order chi connectivity index (χ1) is 7.70. The summed E-state index contributed by atoms with van der Waals surface area (Å²) in [6.07, 6.45) is 0. The molecule has 1 heteroatoms. The van der Waals surface area contributed by atoms with E-state index in [2.05, 4.69) is 65.9 Å². The van der Waals surface area contributed by atoms with Crippen LogP contribution in [0.15, 0.2) is 12.1 Å². The van der Waals surface area contributed by atoms with Crippen molar-refractivity contribution in [2.75, 3.05) is 6.54 Å². The maximum Gasteiger partial charge on any atom is 0.0297 e. The summed E-state index contributed by atoms with van der Waals surface area (Å²) in [5, 5.41) is 3.64. The quantitative estimate of drug-likeness (QED) is 0.820. The van der Waals surface area contributed by atoms with Gasteiger partial charge in [0.25, 0.3) is 0 Å². The van der Waals surface area contributed by atoms with Crippen LogP contribution in [0.2, 0.25) is 0 Å². The van der Waals surface area contributed by atoms with E-state index in [0.29, 0.717) is 11.5 Å². The van der Waals surface area contributed by atoms with Gasteiger partial charge in [-0.2, -0.15) is 0 Å². The highest BCUT2D eigenvalue weighted by molar-refractivity contribution is 5.39. The van der Waals surface area contributed by atoms with Crippen LogP contribution in [0, 0.1) is 26.2 Å². The number of hydrogen-bond donors (Lipinski definition) is 1. The Labute approximate surface area is 107 Å². The molecule has 1 aromatic rings. The van der Waals surface area contributed by atoms with Gasteiger partial charge in [-0.1, -0.05) is 38.5 Å². The number of rotatable bonds is 3. The van der Waals surface area contributed by atoms with Gasteiger partial charge in [-0.05, 0) is 49.8 Å². The molecule has 1 N–H and O–H groups in total. The molecular formula is C16H27N. The zero-order chi connectivity index (χ0) is 13.2. The Balaban J connectivity index is 2.86. The van der Waals surface area contributed by atoms with E-state index in [-0.39, 0.29) is 0 Å². The lowest BCUT2D eigenvalue weighted by molar-refractivity contribution is 0.359. The van der Waals surface area contributed by atoms with Gasteiger partial charge in [0.15, 0.2) is 0 Å². The number of hydrogen-bond acceptors (Lipinski definition) is 1. The molecule has 0 aromatic heterocycles. The minimum Gasteiger partial charge on any atom is -0.310 e. The molecule has 0 spiro atoms. The van der Waals surface area contributed by atoms with Crippen LogP contribution in [0.5, 0.6) is 0 Å². The minimum atomic E-state index is 0.334. The Morgan fingerprint density at radius 2 is 1.53 bits per heavy atom. The van der Waals surface area contributed by atoms with Crippen molar-refractivity contribution in [3.63, 3.8) is 0 Å². The molecule has 17 heavy (non-hydrogen) atoms. The summed E-state index contributed by atoms with van der Waals surface area (Å²) in [6, 6.07) is 4.98. The third kappa shape index (κ3) is 4.16. The molecule has 0 radical (unpaired) electrons. The van der Waals surface area contributed by atoms with Gasteiger partial charge in [0, 0.05) is 12.6 Å². The Bertz CT molecular complexity index is 362. The lowest BCUT2D eigenvalue weighted by Gasteiger charge is -2.25. The fraction of sp³-hybridized carbons (Fsp3) is 0.625. The minimum absolute atomic E-state index is 0.334. The topological polar surface area (TPSA) is 12.0 Å². The molecule has 0 aliphatic carbocycles. The summed E-state index contributed by atoms with van der Waals surface area (Å²) in [4.78, 5) is 0. The van der Waals surface area contributed by atoms with E-state index in [1.165, 1.54) is 22.3 Å². The van der Waals surface area contributed by atoms with E-state index in [1.807, 2.05) is 0 Å². The van der Waals surface area contributed by atoms with Crippen molar-refractivity contribution in [1.82, 2.24) is 5.32 Å². The Hall–Kier alpha value is -0.820. The molecule has 1 rings (SSSR count). The standard InChI is InChI=1S/C16H27N/c1-11-8-12(2)15(13(3)9-11)14(4)17-10-16(5,6)7/h8-9,14,17H,10H2,1-7H3. The second-order valence-corrected chi connectivity index (χ2v) is 6.48. The predicted octanol–water partition coefficient (Wildman–Crippen LogP) is 4.31. The van der Waals surface area contributed by atoms with Crippen molar-refractivity contribution in [2.24, 2.45) is 5.41 Å². The first-order valence-corrected chi connectivity index (χ1v) is 6.52. The molecule has 0 bridgehead atoms. The Morgan fingerprint density at radius 3 is 1.94 bits per heavy atom. The molecule has 1 nitrogen and oxygen atoms in total. The maximum absolute atomic E-state index is 3.64. The molecule has 0 saturated carbocycles. The van der Waals surface area contributed by atoms with Crippen LogP contribution in [0.25, 0.3) is 0 Å². The smallest absolute Gasteiger partial charge is 0.0297 e. The molecule has 0 amide bonds. The molecule has 1 unspecified atom stereocenters. The summed E-state index contributed by atoms with van der Waals surface area (Å²) in [5.41, 5.74) is 5.94. The zero-order valence-corrected chi connectivity index (χ0v) is 12.4. The lowest BCUT2D eigenvalue weighted by Crippen LogP contribution is -2.29. The monoisotopic (exact) mass is 233 g/mol. The largest absolute Gasteiger partial charge is 0.310 e. The van der Waals surface area contributed by atoms with E-state index in [9.17, 15) is 0 Å². The summed E-state index contributed by atoms with van der Waals surface area (Å²) in [5.74, 6) is 0. The highest BCUT2D eigenvalue weighted by Gasteiger charge is 2.15. The second-order valence-electron chi connectivity index (χ2n) is 6.48. The summed E-state index contributed by atoms with van der Waals surface area (Å²) >= 11 is 0. The van der Waals surface area contributed by atoms with Crippen LogP contribution in [0.4, 0.5) is 0 Å². The SMILES string of the molecule is Cc1cc(C)c(C(C)NCC(C)(C)C)c(C)c1. The van der Waals surface area contributed by atoms with E-state index in [0.717, 1.165) is 6.54 Å². The summed E-state index contributed by atoms with van der Waals surface area (Å²) in [6.45, 7) is 16.7. The zero-order valence-electron chi connectivity index (χ0n) is 12.4. The van der Waals surface area contributed by atoms with Crippen molar-refractivity contribution < 1.29 is 0 Å². The summed E-state index contributed by atoms with van der Waals surface area (Å²) in [7, 11) is 0. The molecule has 0 fully saturated rings. The van der Waals surface area contributed by atoms with Gasteiger partial charge in [0.1, 0.15) is 0 Å². The molecule has 96 valence electrons. The maximum atomic E-state index is 3.64. The van der Waals surface area contributed by atoms with Gasteiger partial charge < -0.3 is 5.32 Å². The van der Waals surface area contributed by atoms with Crippen molar-refractivity contribution in [3.8, 4) is 0 Å². The highest BCUT2D eigenvalue weighted by atomic mass is 14.9. The number of nitrogens with one attached hydrogen (secondary N) is 1. The van der Waals surface area contributed by atoms with Gasteiger partial charge in [0.2, 0.25) is 0 Å². The van der Waals surface area contributed by atoms with Crippen molar-refractivity contribution in [1.29, 1.82) is 0 Å². The predicted molar refractivity (Wildman–Crippen MR) is 76.5 cm³/mol. The molecule has 0 heterocycles. The first kappa shape index (κ1) is 14.2. The van der Waals surface area contributed by atoms with Gasteiger partial charge in [0.05, 0.1) is 0 Å². The Morgan fingerprint density at radius 1 is 1.06 bits per heavy atom. The number of aryl methyl sites for hydroxylation is 3. The number of benzene rings is 1. The van der Waals surface area contributed by atoms with E-state index in [1.54, 1.807) is 0 Å². The van der Waals surface area contributed by atoms with Crippen LogP contribution in [-0.2, 0) is 0 Å². The average molecular weight is 233 g/mol. The molecule has 0 saturated heterocycles.